The summed E-state index contributed by atoms with van der Waals surface area (Å²) in [6.45, 7) is 0. The maximum absolute atomic E-state index is 12.8. The normalized spacial score (nSPS) is 14.1. The zero-order valence-electron chi connectivity index (χ0n) is 18.4. The van der Waals surface area contributed by atoms with Gasteiger partial charge in [0.15, 0.2) is 0 Å². The zero-order valence-corrected chi connectivity index (χ0v) is 19.3. The van der Waals surface area contributed by atoms with Gasteiger partial charge in [0.1, 0.15) is 18.1 Å². The number of amides is 5. The molecule has 0 aromatic carbocycles. The van der Waals surface area contributed by atoms with E-state index >= 15 is 0 Å². The Morgan fingerprint density at radius 1 is 0.765 bits per heavy atom. The Hall–Kier alpha value is -3.40. The number of hydrogen-bond donors (Lipinski definition) is 8. The van der Waals surface area contributed by atoms with E-state index in [1.54, 1.807) is 6.26 Å². The number of rotatable bonds is 17. The van der Waals surface area contributed by atoms with E-state index in [0.717, 1.165) is 0 Å². The highest BCUT2D eigenvalue weighted by Crippen LogP contribution is 2.06. The molecule has 0 bridgehead atoms. The monoisotopic (exact) mass is 506 g/mol. The van der Waals surface area contributed by atoms with Crippen LogP contribution in [0, 0.1) is 0 Å². The fraction of sp³-hybridized carbons (Fsp3) is 0.611. The molecule has 0 saturated heterocycles. The SMILES string of the molecule is CSCCC(NC(=O)C(N)CC(N)=O)C(=O)NC(CCC(N)=O)C(=O)NC(CC(=O)O)C(=O)O. The van der Waals surface area contributed by atoms with Crippen molar-refractivity contribution < 1.29 is 43.8 Å². The first-order chi connectivity index (χ1) is 15.8. The van der Waals surface area contributed by atoms with Crippen LogP contribution < -0.4 is 33.2 Å². The van der Waals surface area contributed by atoms with Crippen molar-refractivity contribution in [2.75, 3.05) is 12.0 Å². The number of aliphatic carboxylic acids is 2. The summed E-state index contributed by atoms with van der Waals surface area (Å²) in [5, 5.41) is 24.6. The molecule has 192 valence electrons. The molecule has 0 aliphatic carbocycles. The number of thioether (sulfide) groups is 1. The molecule has 5 amide bonds. The van der Waals surface area contributed by atoms with Crippen LogP contribution in [-0.2, 0) is 33.6 Å². The molecule has 16 heteroatoms. The van der Waals surface area contributed by atoms with Gasteiger partial charge in [-0.3, -0.25) is 28.8 Å². The van der Waals surface area contributed by atoms with Crippen LogP contribution in [0.2, 0.25) is 0 Å². The van der Waals surface area contributed by atoms with Crippen LogP contribution in [0.25, 0.3) is 0 Å². The lowest BCUT2D eigenvalue weighted by atomic mass is 10.1. The molecule has 0 rings (SSSR count). The Morgan fingerprint density at radius 3 is 1.71 bits per heavy atom. The van der Waals surface area contributed by atoms with Gasteiger partial charge in [-0.05, 0) is 24.9 Å². The highest BCUT2D eigenvalue weighted by molar-refractivity contribution is 7.98. The third-order valence-corrected chi connectivity index (χ3v) is 4.95. The summed E-state index contributed by atoms with van der Waals surface area (Å²) in [5.41, 5.74) is 15.7. The van der Waals surface area contributed by atoms with Gasteiger partial charge in [0, 0.05) is 6.42 Å². The summed E-state index contributed by atoms with van der Waals surface area (Å²) in [6.07, 6.45) is -0.235. The Morgan fingerprint density at radius 2 is 1.26 bits per heavy atom. The molecule has 4 unspecified atom stereocenters. The number of carboxylic acid groups (broad SMARTS) is 2. The minimum absolute atomic E-state index is 0.100. The lowest BCUT2D eigenvalue weighted by molar-refractivity contribution is -0.147. The molecule has 0 heterocycles. The van der Waals surface area contributed by atoms with Gasteiger partial charge in [0.25, 0.3) is 0 Å². The number of carbonyl (C=O) groups excluding carboxylic acids is 5. The summed E-state index contributed by atoms with van der Waals surface area (Å²) in [6, 6.07) is -5.78. The van der Waals surface area contributed by atoms with Crippen molar-refractivity contribution in [3.8, 4) is 0 Å². The van der Waals surface area contributed by atoms with Crippen LogP contribution in [0.3, 0.4) is 0 Å². The zero-order chi connectivity index (χ0) is 26.4. The molecule has 0 aromatic rings. The Labute approximate surface area is 198 Å². The first-order valence-electron chi connectivity index (χ1n) is 9.95. The van der Waals surface area contributed by atoms with E-state index in [2.05, 4.69) is 10.6 Å². The fourth-order valence-corrected chi connectivity index (χ4v) is 3.04. The van der Waals surface area contributed by atoms with Crippen molar-refractivity contribution >= 4 is 53.2 Å². The topological polar surface area (TPSA) is 274 Å². The number of carbonyl (C=O) groups is 7. The van der Waals surface area contributed by atoms with Gasteiger partial charge >= 0.3 is 11.9 Å². The number of hydrogen-bond acceptors (Lipinski definition) is 9. The van der Waals surface area contributed by atoms with Crippen molar-refractivity contribution in [1.29, 1.82) is 0 Å². The van der Waals surface area contributed by atoms with Crippen molar-refractivity contribution in [2.24, 2.45) is 17.2 Å². The smallest absolute Gasteiger partial charge is 0.326 e. The minimum Gasteiger partial charge on any atom is -0.481 e. The molecule has 0 spiro atoms. The summed E-state index contributed by atoms with van der Waals surface area (Å²) >= 11 is 1.35. The van der Waals surface area contributed by atoms with Crippen LogP contribution in [0.5, 0.6) is 0 Å². The van der Waals surface area contributed by atoms with E-state index in [9.17, 15) is 33.6 Å². The molecular weight excluding hydrogens is 476 g/mol. The Balaban J connectivity index is 5.56. The second-order valence-corrected chi connectivity index (χ2v) is 8.17. The van der Waals surface area contributed by atoms with Crippen LogP contribution in [-0.4, -0.2) is 87.9 Å². The molecule has 11 N–H and O–H groups in total. The average Bonchev–Trinajstić information content (AvgIpc) is 2.71. The van der Waals surface area contributed by atoms with Crippen LogP contribution in [0.15, 0.2) is 0 Å². The average molecular weight is 507 g/mol. The summed E-state index contributed by atoms with van der Waals surface area (Å²) in [7, 11) is 0. The van der Waals surface area contributed by atoms with E-state index in [1.807, 2.05) is 5.32 Å². The lowest BCUT2D eigenvalue weighted by Crippen LogP contribution is -2.57. The van der Waals surface area contributed by atoms with E-state index < -0.39 is 78.5 Å². The highest BCUT2D eigenvalue weighted by Gasteiger charge is 2.31. The van der Waals surface area contributed by atoms with Gasteiger partial charge < -0.3 is 43.4 Å². The van der Waals surface area contributed by atoms with Gasteiger partial charge in [0.05, 0.1) is 18.9 Å². The van der Waals surface area contributed by atoms with Gasteiger partial charge in [-0.2, -0.15) is 11.8 Å². The molecule has 15 nitrogen and oxygen atoms in total. The van der Waals surface area contributed by atoms with Gasteiger partial charge in [-0.15, -0.1) is 0 Å². The molecule has 4 atom stereocenters. The van der Waals surface area contributed by atoms with Crippen molar-refractivity contribution in [1.82, 2.24) is 16.0 Å². The number of primary amides is 2. The van der Waals surface area contributed by atoms with E-state index in [4.69, 9.17) is 27.4 Å². The summed E-state index contributed by atoms with van der Waals surface area (Å²) in [4.78, 5) is 81.8. The molecule has 0 aromatic heterocycles. The third-order valence-electron chi connectivity index (χ3n) is 4.31. The number of carboxylic acids is 2. The Kier molecular flexibility index (Phi) is 13.9. The highest BCUT2D eigenvalue weighted by atomic mass is 32.2. The summed E-state index contributed by atoms with van der Waals surface area (Å²) < 4.78 is 0. The quantitative estimate of drug-likeness (QED) is 0.0947. The summed E-state index contributed by atoms with van der Waals surface area (Å²) in [5.74, 6) is -7.11. The van der Waals surface area contributed by atoms with Gasteiger partial charge in [-0.25, -0.2) is 4.79 Å². The Bertz CT molecular complexity index is 794. The van der Waals surface area contributed by atoms with Gasteiger partial charge in [0.2, 0.25) is 29.5 Å². The standard InChI is InChI=1S/C18H30N6O9S/c1-34-5-4-10(22-15(29)8(19)6-13(21)26)17(31)23-9(2-3-12(20)25)16(30)24-11(18(32)33)7-14(27)28/h8-11H,2-7,19H2,1H3,(H2,20,25)(H2,21,26)(H,22,29)(H,23,31)(H,24,30)(H,27,28)(H,32,33). The minimum atomic E-state index is -1.79. The van der Waals surface area contributed by atoms with Crippen LogP contribution in [0.1, 0.15) is 32.1 Å². The maximum atomic E-state index is 12.8. The second-order valence-electron chi connectivity index (χ2n) is 7.18. The number of nitrogens with one attached hydrogen (secondary N) is 3. The molecule has 0 aliphatic rings. The molecular formula is C18H30N6O9S. The van der Waals surface area contributed by atoms with Crippen molar-refractivity contribution in [3.05, 3.63) is 0 Å². The van der Waals surface area contributed by atoms with E-state index in [0.29, 0.717) is 5.75 Å². The van der Waals surface area contributed by atoms with Crippen LogP contribution in [0.4, 0.5) is 0 Å². The van der Waals surface area contributed by atoms with Crippen LogP contribution >= 0.6 is 11.8 Å². The van der Waals surface area contributed by atoms with Crippen molar-refractivity contribution in [3.63, 3.8) is 0 Å². The van der Waals surface area contributed by atoms with E-state index in [-0.39, 0.29) is 19.3 Å². The maximum Gasteiger partial charge on any atom is 0.326 e. The van der Waals surface area contributed by atoms with Crippen molar-refractivity contribution in [2.45, 2.75) is 56.3 Å². The molecule has 0 fully saturated rings. The third kappa shape index (κ3) is 12.6. The largest absolute Gasteiger partial charge is 0.481 e. The fourth-order valence-electron chi connectivity index (χ4n) is 2.57. The first-order valence-corrected chi connectivity index (χ1v) is 11.3. The molecule has 0 saturated carbocycles. The predicted octanol–water partition coefficient (Wildman–Crippen LogP) is -3.78. The lowest BCUT2D eigenvalue weighted by Gasteiger charge is -2.24. The first kappa shape index (κ1) is 30.6. The van der Waals surface area contributed by atoms with Gasteiger partial charge in [-0.1, -0.05) is 0 Å². The number of nitrogens with two attached hydrogens (primary N) is 3. The predicted molar refractivity (Wildman–Crippen MR) is 119 cm³/mol. The molecule has 34 heavy (non-hydrogen) atoms. The molecule has 0 aliphatic heterocycles. The van der Waals surface area contributed by atoms with E-state index in [1.165, 1.54) is 11.8 Å². The molecule has 0 radical (unpaired) electrons. The second kappa shape index (κ2) is 15.4.